The van der Waals surface area contributed by atoms with E-state index in [1.807, 2.05) is 30.3 Å². The number of benzene rings is 1. The van der Waals surface area contributed by atoms with E-state index >= 15 is 0 Å². The Morgan fingerprint density at radius 3 is 2.52 bits per heavy atom. The number of carbonyl (C=O) groups is 1. The van der Waals surface area contributed by atoms with E-state index in [-0.39, 0.29) is 41.4 Å². The molecule has 1 aromatic carbocycles. The van der Waals surface area contributed by atoms with Gasteiger partial charge in [-0.2, -0.15) is 0 Å². The van der Waals surface area contributed by atoms with Gasteiger partial charge in [-0.1, -0.05) is 30.3 Å². The van der Waals surface area contributed by atoms with Gasteiger partial charge in [0.05, 0.1) is 0 Å². The zero-order valence-electron chi connectivity index (χ0n) is 12.9. The highest BCUT2D eigenvalue weighted by molar-refractivity contribution is 5.94. The summed E-state index contributed by atoms with van der Waals surface area (Å²) in [4.78, 5) is 26.4. The van der Waals surface area contributed by atoms with Crippen molar-refractivity contribution in [1.82, 2.24) is 9.47 Å². The molecule has 5 nitrogen and oxygen atoms in total. The van der Waals surface area contributed by atoms with Crippen molar-refractivity contribution < 1.29 is 4.79 Å². The molecular formula is C17H20ClN3O2. The van der Waals surface area contributed by atoms with Crippen molar-refractivity contribution in [2.75, 3.05) is 13.1 Å². The summed E-state index contributed by atoms with van der Waals surface area (Å²) >= 11 is 0. The van der Waals surface area contributed by atoms with Crippen LogP contribution in [0.1, 0.15) is 21.8 Å². The number of aryl methyl sites for hydroxylation is 1. The summed E-state index contributed by atoms with van der Waals surface area (Å²) in [5.74, 6) is -0.132. The van der Waals surface area contributed by atoms with E-state index in [2.05, 4.69) is 0 Å². The number of aromatic nitrogens is 1. The van der Waals surface area contributed by atoms with Gasteiger partial charge in [0.15, 0.2) is 0 Å². The van der Waals surface area contributed by atoms with Crippen molar-refractivity contribution in [3.63, 3.8) is 0 Å². The molecule has 0 bridgehead atoms. The highest BCUT2D eigenvalue weighted by Crippen LogP contribution is 2.26. The van der Waals surface area contributed by atoms with Crippen molar-refractivity contribution in [2.45, 2.75) is 12.0 Å². The quantitative estimate of drug-likeness (QED) is 0.902. The lowest BCUT2D eigenvalue weighted by atomic mass is 9.95. The number of amides is 1. The van der Waals surface area contributed by atoms with Crippen LogP contribution in [0.4, 0.5) is 0 Å². The first-order valence-electron chi connectivity index (χ1n) is 7.33. The molecule has 2 N–H and O–H groups in total. The molecule has 3 rings (SSSR count). The number of hydrogen-bond acceptors (Lipinski definition) is 3. The van der Waals surface area contributed by atoms with Crippen LogP contribution in [0.3, 0.4) is 0 Å². The third kappa shape index (κ3) is 3.30. The minimum Gasteiger partial charge on any atom is -0.336 e. The molecule has 1 amide bonds. The molecule has 2 aromatic rings. The van der Waals surface area contributed by atoms with E-state index in [0.717, 1.165) is 5.56 Å². The Hall–Kier alpha value is -2.11. The predicted octanol–water partition coefficient (Wildman–Crippen LogP) is 1.37. The SMILES string of the molecule is Cl.Cn1cccc(C(=O)N2C[C@@H](N)[C@H](c3ccccc3)C2)c1=O. The molecule has 0 unspecified atom stereocenters. The molecule has 0 aliphatic carbocycles. The summed E-state index contributed by atoms with van der Waals surface area (Å²) in [5, 5.41) is 0. The summed E-state index contributed by atoms with van der Waals surface area (Å²) in [6, 6.07) is 13.1. The molecule has 23 heavy (non-hydrogen) atoms. The van der Waals surface area contributed by atoms with Gasteiger partial charge in [0, 0.05) is 38.3 Å². The summed E-state index contributed by atoms with van der Waals surface area (Å²) in [6.07, 6.45) is 1.64. The molecule has 0 spiro atoms. The van der Waals surface area contributed by atoms with Crippen LogP contribution in [-0.4, -0.2) is 34.5 Å². The number of halogens is 1. The average molecular weight is 334 g/mol. The summed E-state index contributed by atoms with van der Waals surface area (Å²) in [5.41, 5.74) is 7.26. The van der Waals surface area contributed by atoms with Crippen LogP contribution in [0.5, 0.6) is 0 Å². The van der Waals surface area contributed by atoms with Crippen molar-refractivity contribution >= 4 is 18.3 Å². The number of pyridine rings is 1. The lowest BCUT2D eigenvalue weighted by molar-refractivity contribution is 0.0787. The summed E-state index contributed by atoms with van der Waals surface area (Å²) in [6.45, 7) is 1.01. The van der Waals surface area contributed by atoms with E-state index in [1.165, 1.54) is 4.57 Å². The van der Waals surface area contributed by atoms with Crippen molar-refractivity contribution in [2.24, 2.45) is 12.8 Å². The molecular weight excluding hydrogens is 314 g/mol. The Labute approximate surface area is 141 Å². The number of nitrogens with two attached hydrogens (primary N) is 1. The second kappa shape index (κ2) is 6.98. The molecule has 0 radical (unpaired) electrons. The number of nitrogens with zero attached hydrogens (tertiary/aromatic N) is 2. The Morgan fingerprint density at radius 1 is 1.13 bits per heavy atom. The molecule has 2 atom stereocenters. The first-order chi connectivity index (χ1) is 10.6. The minimum atomic E-state index is -0.274. The number of rotatable bonds is 2. The molecule has 2 heterocycles. The number of hydrogen-bond donors (Lipinski definition) is 1. The van der Waals surface area contributed by atoms with Crippen LogP contribution >= 0.6 is 12.4 Å². The number of likely N-dealkylation sites (tertiary alicyclic amines) is 1. The normalized spacial score (nSPS) is 20.2. The van der Waals surface area contributed by atoms with Crippen LogP contribution in [0.2, 0.25) is 0 Å². The van der Waals surface area contributed by atoms with Gasteiger partial charge in [-0.25, -0.2) is 0 Å². The zero-order chi connectivity index (χ0) is 15.7. The van der Waals surface area contributed by atoms with Crippen LogP contribution in [0.15, 0.2) is 53.5 Å². The highest BCUT2D eigenvalue weighted by Gasteiger charge is 2.34. The van der Waals surface area contributed by atoms with E-state index in [4.69, 9.17) is 5.73 Å². The van der Waals surface area contributed by atoms with Gasteiger partial charge < -0.3 is 15.2 Å². The summed E-state index contributed by atoms with van der Waals surface area (Å²) in [7, 11) is 1.64. The Morgan fingerprint density at radius 2 is 1.83 bits per heavy atom. The first-order valence-corrected chi connectivity index (χ1v) is 7.33. The van der Waals surface area contributed by atoms with Crippen LogP contribution in [0, 0.1) is 0 Å². The fraction of sp³-hybridized carbons (Fsp3) is 0.294. The van der Waals surface area contributed by atoms with E-state index in [1.54, 1.807) is 30.3 Å². The van der Waals surface area contributed by atoms with Gasteiger partial charge in [-0.05, 0) is 17.7 Å². The molecule has 6 heteroatoms. The topological polar surface area (TPSA) is 68.3 Å². The minimum absolute atomic E-state index is 0. The summed E-state index contributed by atoms with van der Waals surface area (Å²) < 4.78 is 1.41. The molecule has 122 valence electrons. The lowest BCUT2D eigenvalue weighted by Crippen LogP contribution is -2.36. The maximum absolute atomic E-state index is 12.6. The highest BCUT2D eigenvalue weighted by atomic mass is 35.5. The Bertz CT molecular complexity index is 745. The van der Waals surface area contributed by atoms with Crippen LogP contribution < -0.4 is 11.3 Å². The molecule has 1 fully saturated rings. The standard InChI is InChI=1S/C17H19N3O2.ClH/c1-19-9-5-8-13(16(19)21)17(22)20-10-14(15(18)11-20)12-6-3-2-4-7-12;/h2-9,14-15H,10-11,18H2,1H3;1H/t14-,15+;/m0./s1. The predicted molar refractivity (Wildman–Crippen MR) is 92.0 cm³/mol. The lowest BCUT2D eigenvalue weighted by Gasteiger charge is -2.16. The van der Waals surface area contributed by atoms with Crippen molar-refractivity contribution in [3.05, 3.63) is 70.1 Å². The number of carbonyl (C=O) groups excluding carboxylic acids is 1. The molecule has 1 saturated heterocycles. The van der Waals surface area contributed by atoms with Gasteiger partial charge in [0.1, 0.15) is 5.56 Å². The average Bonchev–Trinajstić information content (AvgIpc) is 2.92. The third-order valence-corrected chi connectivity index (χ3v) is 4.23. The van der Waals surface area contributed by atoms with Crippen LogP contribution in [0.25, 0.3) is 0 Å². The first kappa shape index (κ1) is 17.2. The van der Waals surface area contributed by atoms with Gasteiger partial charge in [0.2, 0.25) is 0 Å². The zero-order valence-corrected chi connectivity index (χ0v) is 13.7. The van der Waals surface area contributed by atoms with E-state index in [9.17, 15) is 9.59 Å². The van der Waals surface area contributed by atoms with Crippen molar-refractivity contribution in [1.29, 1.82) is 0 Å². The third-order valence-electron chi connectivity index (χ3n) is 4.23. The maximum Gasteiger partial charge on any atom is 0.263 e. The molecule has 1 aliphatic rings. The largest absolute Gasteiger partial charge is 0.336 e. The molecule has 0 saturated carbocycles. The van der Waals surface area contributed by atoms with Gasteiger partial charge in [-0.15, -0.1) is 12.4 Å². The van der Waals surface area contributed by atoms with Gasteiger partial charge in [-0.3, -0.25) is 9.59 Å². The second-order valence-corrected chi connectivity index (χ2v) is 5.73. The molecule has 1 aromatic heterocycles. The second-order valence-electron chi connectivity index (χ2n) is 5.73. The maximum atomic E-state index is 12.6. The van der Waals surface area contributed by atoms with Crippen LogP contribution in [-0.2, 0) is 7.05 Å². The van der Waals surface area contributed by atoms with Gasteiger partial charge in [0.25, 0.3) is 11.5 Å². The Balaban J connectivity index is 0.00000192. The van der Waals surface area contributed by atoms with E-state index in [0.29, 0.717) is 13.1 Å². The smallest absolute Gasteiger partial charge is 0.263 e. The van der Waals surface area contributed by atoms with Gasteiger partial charge >= 0.3 is 0 Å². The van der Waals surface area contributed by atoms with Crippen molar-refractivity contribution in [3.8, 4) is 0 Å². The van der Waals surface area contributed by atoms with E-state index < -0.39 is 0 Å². The Kier molecular flexibility index (Phi) is 5.23. The molecule has 1 aliphatic heterocycles. The fourth-order valence-electron chi connectivity index (χ4n) is 2.98. The monoisotopic (exact) mass is 333 g/mol. The fourth-order valence-corrected chi connectivity index (χ4v) is 2.98.